The van der Waals surface area contributed by atoms with Crippen LogP contribution in [-0.2, 0) is 0 Å². The van der Waals surface area contributed by atoms with E-state index in [-0.39, 0.29) is 6.04 Å². The number of hydrogen-bond donors (Lipinski definition) is 2. The van der Waals surface area contributed by atoms with E-state index in [1.807, 2.05) is 12.1 Å². The molecule has 84 valence electrons. The van der Waals surface area contributed by atoms with Crippen LogP contribution in [0.5, 0.6) is 5.75 Å². The molecule has 0 aliphatic heterocycles. The lowest BCUT2D eigenvalue weighted by atomic mass is 10.1. The molecule has 1 aromatic heterocycles. The van der Waals surface area contributed by atoms with Crippen molar-refractivity contribution in [2.45, 2.75) is 25.8 Å². The zero-order valence-corrected chi connectivity index (χ0v) is 9.36. The highest BCUT2D eigenvalue weighted by atomic mass is 16.5. The van der Waals surface area contributed by atoms with Crippen LogP contribution >= 0.6 is 0 Å². The van der Waals surface area contributed by atoms with Gasteiger partial charge in [0.05, 0.1) is 7.11 Å². The van der Waals surface area contributed by atoms with E-state index in [0.29, 0.717) is 6.54 Å². The number of aromatic nitrogens is 1. The maximum Gasteiger partial charge on any atom is 0.168 e. The molecule has 1 rings (SSSR count). The van der Waals surface area contributed by atoms with E-state index in [9.17, 15) is 0 Å². The fourth-order valence-corrected chi connectivity index (χ4v) is 1.45. The highest BCUT2D eigenvalue weighted by Gasteiger charge is 2.09. The first kappa shape index (κ1) is 11.8. The fourth-order valence-electron chi connectivity index (χ4n) is 1.45. The average Bonchev–Trinajstić information content (AvgIpc) is 2.29. The highest BCUT2D eigenvalue weighted by molar-refractivity contribution is 5.50. The first-order valence-corrected chi connectivity index (χ1v) is 5.27. The van der Waals surface area contributed by atoms with Crippen molar-refractivity contribution in [2.75, 3.05) is 19.0 Å². The van der Waals surface area contributed by atoms with Crippen molar-refractivity contribution in [3.63, 3.8) is 0 Å². The van der Waals surface area contributed by atoms with Gasteiger partial charge in [-0.1, -0.05) is 13.3 Å². The third kappa shape index (κ3) is 3.40. The minimum absolute atomic E-state index is 0.263. The summed E-state index contributed by atoms with van der Waals surface area (Å²) in [5, 5.41) is 3.29. The van der Waals surface area contributed by atoms with Crippen molar-refractivity contribution >= 4 is 5.82 Å². The van der Waals surface area contributed by atoms with Crippen molar-refractivity contribution in [3.8, 4) is 5.75 Å². The number of pyridine rings is 1. The van der Waals surface area contributed by atoms with Gasteiger partial charge in [-0.2, -0.15) is 0 Å². The van der Waals surface area contributed by atoms with Crippen LogP contribution in [0.1, 0.15) is 19.8 Å². The molecule has 0 aliphatic carbocycles. The van der Waals surface area contributed by atoms with Gasteiger partial charge in [0, 0.05) is 18.8 Å². The molecule has 0 amide bonds. The van der Waals surface area contributed by atoms with Crippen molar-refractivity contribution in [1.82, 2.24) is 4.98 Å². The molecule has 15 heavy (non-hydrogen) atoms. The third-order valence-electron chi connectivity index (χ3n) is 2.25. The minimum atomic E-state index is 0.263. The Morgan fingerprint density at radius 1 is 1.60 bits per heavy atom. The summed E-state index contributed by atoms with van der Waals surface area (Å²) in [6.45, 7) is 2.74. The van der Waals surface area contributed by atoms with Crippen molar-refractivity contribution in [3.05, 3.63) is 18.3 Å². The molecule has 1 heterocycles. The zero-order valence-electron chi connectivity index (χ0n) is 9.36. The van der Waals surface area contributed by atoms with Crippen LogP contribution in [0, 0.1) is 0 Å². The molecule has 0 aliphatic rings. The third-order valence-corrected chi connectivity index (χ3v) is 2.25. The largest absolute Gasteiger partial charge is 0.493 e. The predicted molar refractivity (Wildman–Crippen MR) is 62.2 cm³/mol. The maximum absolute atomic E-state index is 5.67. The second kappa shape index (κ2) is 6.24. The van der Waals surface area contributed by atoms with E-state index in [4.69, 9.17) is 10.5 Å². The molecule has 0 spiro atoms. The van der Waals surface area contributed by atoms with Gasteiger partial charge in [-0.25, -0.2) is 4.98 Å². The number of nitrogens with one attached hydrogen (secondary N) is 1. The summed E-state index contributed by atoms with van der Waals surface area (Å²) >= 11 is 0. The average molecular weight is 209 g/mol. The van der Waals surface area contributed by atoms with Gasteiger partial charge in [0.2, 0.25) is 0 Å². The van der Waals surface area contributed by atoms with E-state index in [1.54, 1.807) is 13.3 Å². The molecule has 4 heteroatoms. The number of ether oxygens (including phenoxy) is 1. The summed E-state index contributed by atoms with van der Waals surface area (Å²) in [7, 11) is 1.64. The molecule has 1 unspecified atom stereocenters. The highest BCUT2D eigenvalue weighted by Crippen LogP contribution is 2.21. The molecule has 1 atom stereocenters. The van der Waals surface area contributed by atoms with Crippen molar-refractivity contribution in [2.24, 2.45) is 5.73 Å². The van der Waals surface area contributed by atoms with Crippen LogP contribution in [0.4, 0.5) is 5.82 Å². The smallest absolute Gasteiger partial charge is 0.168 e. The number of rotatable bonds is 6. The zero-order chi connectivity index (χ0) is 11.1. The maximum atomic E-state index is 5.67. The van der Waals surface area contributed by atoms with Crippen LogP contribution in [0.3, 0.4) is 0 Å². The van der Waals surface area contributed by atoms with Gasteiger partial charge in [-0.3, -0.25) is 0 Å². The molecule has 0 radical (unpaired) electrons. The molecule has 1 aromatic rings. The van der Waals surface area contributed by atoms with Crippen LogP contribution in [0.2, 0.25) is 0 Å². The van der Waals surface area contributed by atoms with Gasteiger partial charge < -0.3 is 15.8 Å². The number of hydrogen-bond acceptors (Lipinski definition) is 4. The number of nitrogens with two attached hydrogens (primary N) is 1. The van der Waals surface area contributed by atoms with Crippen LogP contribution in [-0.4, -0.2) is 24.7 Å². The lowest BCUT2D eigenvalue weighted by Crippen LogP contribution is -2.29. The number of anilines is 1. The Kier molecular flexibility index (Phi) is 4.90. The van der Waals surface area contributed by atoms with Gasteiger partial charge in [-0.15, -0.1) is 0 Å². The molecule has 0 saturated heterocycles. The summed E-state index contributed by atoms with van der Waals surface area (Å²) < 4.78 is 5.20. The SMILES string of the molecule is CCCC(CN)Nc1ncccc1OC. The van der Waals surface area contributed by atoms with Gasteiger partial charge in [0.15, 0.2) is 11.6 Å². The molecule has 4 nitrogen and oxygen atoms in total. The second-order valence-electron chi connectivity index (χ2n) is 3.42. The Labute approximate surface area is 90.8 Å². The summed E-state index contributed by atoms with van der Waals surface area (Å²) in [6.07, 6.45) is 3.88. The van der Waals surface area contributed by atoms with E-state index < -0.39 is 0 Å². The number of nitrogens with zero attached hydrogens (tertiary/aromatic N) is 1. The van der Waals surface area contributed by atoms with Gasteiger partial charge in [-0.05, 0) is 18.6 Å². The second-order valence-corrected chi connectivity index (χ2v) is 3.42. The van der Waals surface area contributed by atoms with Crippen LogP contribution in [0.15, 0.2) is 18.3 Å². The summed E-state index contributed by atoms with van der Waals surface area (Å²) in [6, 6.07) is 4.00. The molecular weight excluding hydrogens is 190 g/mol. The Morgan fingerprint density at radius 3 is 3.00 bits per heavy atom. The van der Waals surface area contributed by atoms with Gasteiger partial charge >= 0.3 is 0 Å². The first-order chi connectivity index (χ1) is 7.31. The van der Waals surface area contributed by atoms with E-state index >= 15 is 0 Å². The lowest BCUT2D eigenvalue weighted by molar-refractivity contribution is 0.414. The predicted octanol–water partition coefficient (Wildman–Crippen LogP) is 1.63. The summed E-state index contributed by atoms with van der Waals surface area (Å²) in [4.78, 5) is 4.23. The van der Waals surface area contributed by atoms with Crippen LogP contribution in [0.25, 0.3) is 0 Å². The van der Waals surface area contributed by atoms with E-state index in [0.717, 1.165) is 24.4 Å². The van der Waals surface area contributed by atoms with E-state index in [2.05, 4.69) is 17.2 Å². The minimum Gasteiger partial charge on any atom is -0.493 e. The Bertz CT molecular complexity index is 291. The van der Waals surface area contributed by atoms with Gasteiger partial charge in [0.1, 0.15) is 0 Å². The molecule has 0 aromatic carbocycles. The quantitative estimate of drug-likeness (QED) is 0.747. The van der Waals surface area contributed by atoms with E-state index in [1.165, 1.54) is 0 Å². The number of methoxy groups -OCH3 is 1. The summed E-state index contributed by atoms with van der Waals surface area (Å²) in [5.41, 5.74) is 5.67. The topological polar surface area (TPSA) is 60.2 Å². The Hall–Kier alpha value is -1.29. The molecule has 0 fully saturated rings. The van der Waals surface area contributed by atoms with Crippen molar-refractivity contribution < 1.29 is 4.74 Å². The fraction of sp³-hybridized carbons (Fsp3) is 0.545. The Balaban J connectivity index is 2.69. The monoisotopic (exact) mass is 209 g/mol. The molecule has 0 saturated carbocycles. The standard InChI is InChI=1S/C11H19N3O/c1-3-5-9(8-12)14-11-10(15-2)6-4-7-13-11/h4,6-7,9H,3,5,8,12H2,1-2H3,(H,13,14). The molecular formula is C11H19N3O. The lowest BCUT2D eigenvalue weighted by Gasteiger charge is -2.17. The first-order valence-electron chi connectivity index (χ1n) is 5.27. The van der Waals surface area contributed by atoms with Crippen LogP contribution < -0.4 is 15.8 Å². The molecule has 0 bridgehead atoms. The normalized spacial score (nSPS) is 12.2. The Morgan fingerprint density at radius 2 is 2.40 bits per heavy atom. The van der Waals surface area contributed by atoms with Crippen molar-refractivity contribution in [1.29, 1.82) is 0 Å². The molecule has 3 N–H and O–H groups in total. The summed E-state index contributed by atoms with van der Waals surface area (Å²) in [5.74, 6) is 1.52. The van der Waals surface area contributed by atoms with Gasteiger partial charge in [0.25, 0.3) is 0 Å².